The zero-order valence-corrected chi connectivity index (χ0v) is 19.3. The van der Waals surface area contributed by atoms with Crippen molar-refractivity contribution in [2.45, 2.75) is 39.5 Å². The van der Waals surface area contributed by atoms with Crippen LogP contribution in [0.1, 0.15) is 39.5 Å². The van der Waals surface area contributed by atoms with Crippen LogP contribution in [0.3, 0.4) is 0 Å². The van der Waals surface area contributed by atoms with Gasteiger partial charge < -0.3 is 15.0 Å². The van der Waals surface area contributed by atoms with Crippen molar-refractivity contribution in [3.05, 3.63) is 0 Å². The highest BCUT2D eigenvalue weighted by molar-refractivity contribution is 14.0. The molecule has 0 atom stereocenters. The lowest BCUT2D eigenvalue weighted by atomic mass is 9.83. The Kier molecular flexibility index (Phi) is 13.1. The summed E-state index contributed by atoms with van der Waals surface area (Å²) in [6.45, 7) is 7.50. The van der Waals surface area contributed by atoms with Crippen LogP contribution in [-0.2, 0) is 14.6 Å². The molecule has 25 heavy (non-hydrogen) atoms. The smallest absolute Gasteiger partial charge is 0.193 e. The topological polar surface area (TPSA) is 71.0 Å². The SMILES string of the molecule is CCNC(=NCCOCCS(C)(=O)=O)N(C)CC1CCC(C)CC1.I. The van der Waals surface area contributed by atoms with Crippen molar-refractivity contribution >= 4 is 39.8 Å². The van der Waals surface area contributed by atoms with Gasteiger partial charge in [-0.2, -0.15) is 0 Å². The zero-order valence-electron chi connectivity index (χ0n) is 16.2. The first-order valence-electron chi connectivity index (χ1n) is 9.06. The van der Waals surface area contributed by atoms with Crippen LogP contribution in [0, 0.1) is 11.8 Å². The van der Waals surface area contributed by atoms with E-state index in [1.165, 1.54) is 31.9 Å². The molecular weight excluding hydrogens is 453 g/mol. The van der Waals surface area contributed by atoms with Gasteiger partial charge in [-0.3, -0.25) is 4.99 Å². The van der Waals surface area contributed by atoms with E-state index in [9.17, 15) is 8.42 Å². The predicted octanol–water partition coefficient (Wildman–Crippen LogP) is 2.39. The number of aliphatic imine (C=N–C) groups is 1. The Morgan fingerprint density at radius 3 is 2.44 bits per heavy atom. The molecule has 0 radical (unpaired) electrons. The highest BCUT2D eigenvalue weighted by Gasteiger charge is 2.20. The van der Waals surface area contributed by atoms with Crippen LogP contribution < -0.4 is 5.32 Å². The predicted molar refractivity (Wildman–Crippen MR) is 116 cm³/mol. The molecule has 0 heterocycles. The van der Waals surface area contributed by atoms with Crippen LogP contribution in [0.2, 0.25) is 0 Å². The first kappa shape index (κ1) is 24.9. The van der Waals surface area contributed by atoms with E-state index in [0.29, 0.717) is 13.2 Å². The Morgan fingerprint density at radius 2 is 1.88 bits per heavy atom. The van der Waals surface area contributed by atoms with E-state index < -0.39 is 9.84 Å². The molecule has 0 aliphatic heterocycles. The average molecular weight is 489 g/mol. The zero-order chi connectivity index (χ0) is 18.0. The first-order chi connectivity index (χ1) is 11.3. The summed E-state index contributed by atoms with van der Waals surface area (Å²) in [7, 11) is -0.864. The summed E-state index contributed by atoms with van der Waals surface area (Å²) in [5.74, 6) is 2.60. The second-order valence-electron chi connectivity index (χ2n) is 6.98. The van der Waals surface area contributed by atoms with Crippen molar-refractivity contribution in [2.75, 3.05) is 51.9 Å². The van der Waals surface area contributed by atoms with Crippen molar-refractivity contribution in [3.8, 4) is 0 Å². The molecule has 1 aliphatic carbocycles. The summed E-state index contributed by atoms with van der Waals surface area (Å²) < 4.78 is 27.4. The lowest BCUT2D eigenvalue weighted by Gasteiger charge is -2.31. The molecule has 0 aromatic carbocycles. The van der Waals surface area contributed by atoms with Gasteiger partial charge in [0.1, 0.15) is 9.84 Å². The maximum atomic E-state index is 11.0. The molecule has 0 unspecified atom stereocenters. The average Bonchev–Trinajstić information content (AvgIpc) is 2.50. The number of guanidine groups is 1. The molecule has 0 aromatic heterocycles. The van der Waals surface area contributed by atoms with Crippen LogP contribution in [0.25, 0.3) is 0 Å². The summed E-state index contributed by atoms with van der Waals surface area (Å²) in [5, 5.41) is 3.32. The van der Waals surface area contributed by atoms with Gasteiger partial charge in [0.2, 0.25) is 0 Å². The third kappa shape index (κ3) is 12.0. The van der Waals surface area contributed by atoms with Gasteiger partial charge >= 0.3 is 0 Å². The number of halogens is 1. The monoisotopic (exact) mass is 489 g/mol. The summed E-state index contributed by atoms with van der Waals surface area (Å²) >= 11 is 0. The molecular formula is C17H36IN3O3S. The fourth-order valence-electron chi connectivity index (χ4n) is 2.98. The number of sulfone groups is 1. The van der Waals surface area contributed by atoms with E-state index in [4.69, 9.17) is 4.74 Å². The van der Waals surface area contributed by atoms with E-state index >= 15 is 0 Å². The van der Waals surface area contributed by atoms with Crippen molar-refractivity contribution in [1.82, 2.24) is 10.2 Å². The van der Waals surface area contributed by atoms with Crippen LogP contribution in [-0.4, -0.2) is 71.2 Å². The summed E-state index contributed by atoms with van der Waals surface area (Å²) in [6, 6.07) is 0. The highest BCUT2D eigenvalue weighted by Crippen LogP contribution is 2.28. The molecule has 1 fully saturated rings. The van der Waals surface area contributed by atoms with Gasteiger partial charge in [0.15, 0.2) is 5.96 Å². The van der Waals surface area contributed by atoms with Gasteiger partial charge in [-0.15, -0.1) is 24.0 Å². The minimum absolute atomic E-state index is 0. The second kappa shape index (κ2) is 13.1. The highest BCUT2D eigenvalue weighted by atomic mass is 127. The molecule has 0 spiro atoms. The van der Waals surface area contributed by atoms with Crippen molar-refractivity contribution in [1.29, 1.82) is 0 Å². The fraction of sp³-hybridized carbons (Fsp3) is 0.941. The molecule has 1 saturated carbocycles. The quantitative estimate of drug-likeness (QED) is 0.233. The number of rotatable bonds is 9. The number of hydrogen-bond donors (Lipinski definition) is 1. The maximum Gasteiger partial charge on any atom is 0.193 e. The van der Waals surface area contributed by atoms with E-state index in [0.717, 1.165) is 30.9 Å². The molecule has 6 nitrogen and oxygen atoms in total. The van der Waals surface area contributed by atoms with Crippen molar-refractivity contribution < 1.29 is 13.2 Å². The van der Waals surface area contributed by atoms with Gasteiger partial charge in [-0.1, -0.05) is 19.8 Å². The Hall–Kier alpha value is -0.0900. The normalized spacial score (nSPS) is 21.5. The molecule has 150 valence electrons. The van der Waals surface area contributed by atoms with Gasteiger partial charge in [-0.05, 0) is 31.6 Å². The lowest BCUT2D eigenvalue weighted by molar-refractivity contribution is 0.157. The van der Waals surface area contributed by atoms with Gasteiger partial charge in [0.25, 0.3) is 0 Å². The molecule has 0 bridgehead atoms. The lowest BCUT2D eigenvalue weighted by Crippen LogP contribution is -2.42. The molecule has 0 amide bonds. The minimum atomic E-state index is -2.95. The Morgan fingerprint density at radius 1 is 1.24 bits per heavy atom. The Balaban J connectivity index is 0.00000576. The standard InChI is InChI=1S/C17H35N3O3S.HI/c1-5-18-17(19-10-11-23-12-13-24(4,21)22)20(3)14-16-8-6-15(2)7-9-16;/h15-16H,5-14H2,1-4H3,(H,18,19);1H. The van der Waals surface area contributed by atoms with E-state index in [-0.39, 0.29) is 36.3 Å². The third-order valence-electron chi connectivity index (χ3n) is 4.46. The third-order valence-corrected chi connectivity index (χ3v) is 5.37. The van der Waals surface area contributed by atoms with E-state index in [1.54, 1.807) is 0 Å². The molecule has 1 rings (SSSR count). The van der Waals surface area contributed by atoms with E-state index in [2.05, 4.69) is 36.1 Å². The number of nitrogens with zero attached hydrogens (tertiary/aromatic N) is 2. The second-order valence-corrected chi connectivity index (χ2v) is 9.24. The maximum absolute atomic E-state index is 11.0. The summed E-state index contributed by atoms with van der Waals surface area (Å²) in [5.41, 5.74) is 0. The van der Waals surface area contributed by atoms with Crippen LogP contribution in [0.5, 0.6) is 0 Å². The Bertz CT molecular complexity index is 478. The largest absolute Gasteiger partial charge is 0.378 e. The molecule has 1 aliphatic rings. The van der Waals surface area contributed by atoms with Gasteiger partial charge in [0.05, 0.1) is 25.5 Å². The molecule has 0 aromatic rings. The van der Waals surface area contributed by atoms with Gasteiger partial charge in [0, 0.05) is 26.4 Å². The summed E-state index contributed by atoms with van der Waals surface area (Å²) in [4.78, 5) is 6.79. The van der Waals surface area contributed by atoms with E-state index in [1.807, 2.05) is 0 Å². The van der Waals surface area contributed by atoms with Crippen LogP contribution in [0.4, 0.5) is 0 Å². The summed E-state index contributed by atoms with van der Waals surface area (Å²) in [6.07, 6.45) is 6.50. The number of ether oxygens (including phenoxy) is 1. The first-order valence-corrected chi connectivity index (χ1v) is 11.1. The van der Waals surface area contributed by atoms with Crippen molar-refractivity contribution in [3.63, 3.8) is 0 Å². The minimum Gasteiger partial charge on any atom is -0.378 e. The molecule has 0 saturated heterocycles. The van der Waals surface area contributed by atoms with Gasteiger partial charge in [-0.25, -0.2) is 8.42 Å². The molecule has 1 N–H and O–H groups in total. The Labute approximate surface area is 171 Å². The van der Waals surface area contributed by atoms with Crippen molar-refractivity contribution in [2.24, 2.45) is 16.8 Å². The van der Waals surface area contributed by atoms with Crippen LogP contribution >= 0.6 is 24.0 Å². The fourth-order valence-corrected chi connectivity index (χ4v) is 3.40. The molecule has 8 heteroatoms. The number of nitrogens with one attached hydrogen (secondary N) is 1. The number of hydrogen-bond acceptors (Lipinski definition) is 4. The van der Waals surface area contributed by atoms with Crippen LogP contribution in [0.15, 0.2) is 4.99 Å².